The van der Waals surface area contributed by atoms with Gasteiger partial charge in [0.25, 0.3) is 0 Å². The molecule has 20 heavy (non-hydrogen) atoms. The summed E-state index contributed by atoms with van der Waals surface area (Å²) in [6, 6.07) is 7.40. The Hall–Kier alpha value is -0.860. The van der Waals surface area contributed by atoms with E-state index < -0.39 is 0 Å². The van der Waals surface area contributed by atoms with Gasteiger partial charge in [-0.25, -0.2) is 0 Å². The lowest BCUT2D eigenvalue weighted by atomic mass is 9.97. The first-order valence-corrected chi connectivity index (χ1v) is 8.12. The Morgan fingerprint density at radius 1 is 1.25 bits per heavy atom. The average molecular weight is 274 g/mol. The van der Waals surface area contributed by atoms with Crippen molar-refractivity contribution in [1.82, 2.24) is 10.2 Å². The Bertz CT molecular complexity index is 407. The van der Waals surface area contributed by atoms with Gasteiger partial charge >= 0.3 is 0 Å². The minimum Gasteiger partial charge on any atom is -0.309 e. The van der Waals surface area contributed by atoms with Gasteiger partial charge in [-0.1, -0.05) is 43.2 Å². The van der Waals surface area contributed by atoms with Crippen LogP contribution in [-0.2, 0) is 0 Å². The molecule has 2 nitrogen and oxygen atoms in total. The molecule has 0 bridgehead atoms. The van der Waals surface area contributed by atoms with Crippen LogP contribution < -0.4 is 5.32 Å². The molecular formula is C18H30N2. The van der Waals surface area contributed by atoms with Gasteiger partial charge < -0.3 is 10.2 Å². The molecular weight excluding hydrogens is 244 g/mol. The van der Waals surface area contributed by atoms with Gasteiger partial charge in [0.1, 0.15) is 0 Å². The summed E-state index contributed by atoms with van der Waals surface area (Å²) in [7, 11) is 0. The summed E-state index contributed by atoms with van der Waals surface area (Å²) < 4.78 is 0. The van der Waals surface area contributed by atoms with Crippen LogP contribution >= 0.6 is 0 Å². The van der Waals surface area contributed by atoms with Crippen molar-refractivity contribution in [2.45, 2.75) is 46.6 Å². The molecule has 0 aromatic heterocycles. The van der Waals surface area contributed by atoms with Crippen LogP contribution in [0.3, 0.4) is 0 Å². The second-order valence-corrected chi connectivity index (χ2v) is 6.54. The highest BCUT2D eigenvalue weighted by Gasteiger charge is 2.20. The third-order valence-corrected chi connectivity index (χ3v) is 4.28. The summed E-state index contributed by atoms with van der Waals surface area (Å²) in [5, 5.41) is 3.67. The molecule has 112 valence electrons. The van der Waals surface area contributed by atoms with E-state index in [1.54, 1.807) is 0 Å². The van der Waals surface area contributed by atoms with Crippen molar-refractivity contribution in [2.75, 3.05) is 26.2 Å². The third kappa shape index (κ3) is 4.32. The number of rotatable bonds is 5. The molecule has 1 aromatic carbocycles. The molecule has 0 spiro atoms. The molecule has 1 N–H and O–H groups in total. The van der Waals surface area contributed by atoms with Crippen LogP contribution in [0.5, 0.6) is 0 Å². The van der Waals surface area contributed by atoms with E-state index in [1.165, 1.54) is 42.6 Å². The van der Waals surface area contributed by atoms with E-state index >= 15 is 0 Å². The number of nitrogens with one attached hydrogen (secondary N) is 1. The van der Waals surface area contributed by atoms with Crippen molar-refractivity contribution in [1.29, 1.82) is 0 Å². The number of aryl methyl sites for hydroxylation is 2. The number of hydrogen-bond donors (Lipinski definition) is 1. The molecule has 1 aliphatic heterocycles. The Morgan fingerprint density at radius 3 is 2.55 bits per heavy atom. The van der Waals surface area contributed by atoms with Gasteiger partial charge in [-0.3, -0.25) is 0 Å². The minimum atomic E-state index is 0.462. The maximum Gasteiger partial charge on any atom is 0.0449 e. The Kier molecular flexibility index (Phi) is 5.62. The second kappa shape index (κ2) is 7.24. The summed E-state index contributed by atoms with van der Waals surface area (Å²) in [6.07, 6.45) is 2.75. The van der Waals surface area contributed by atoms with Crippen molar-refractivity contribution in [2.24, 2.45) is 5.92 Å². The molecule has 2 unspecified atom stereocenters. The molecule has 1 heterocycles. The van der Waals surface area contributed by atoms with E-state index in [4.69, 9.17) is 0 Å². The molecule has 1 aromatic rings. The van der Waals surface area contributed by atoms with Crippen LogP contribution in [0.2, 0.25) is 0 Å². The number of piperidine rings is 1. The zero-order chi connectivity index (χ0) is 14.5. The van der Waals surface area contributed by atoms with E-state index in [0.29, 0.717) is 6.04 Å². The van der Waals surface area contributed by atoms with Crippen LogP contribution in [0.1, 0.15) is 49.4 Å². The molecule has 1 aliphatic rings. The Morgan fingerprint density at radius 2 is 1.95 bits per heavy atom. The van der Waals surface area contributed by atoms with Crippen molar-refractivity contribution < 1.29 is 0 Å². The van der Waals surface area contributed by atoms with Crippen molar-refractivity contribution >= 4 is 0 Å². The highest BCUT2D eigenvalue weighted by molar-refractivity contribution is 5.31. The number of likely N-dealkylation sites (tertiary alicyclic amines) is 1. The molecule has 0 radical (unpaired) electrons. The van der Waals surface area contributed by atoms with Gasteiger partial charge in [0, 0.05) is 19.1 Å². The maximum absolute atomic E-state index is 3.67. The average Bonchev–Trinajstić information content (AvgIpc) is 2.37. The fraction of sp³-hybridized carbons (Fsp3) is 0.667. The summed E-state index contributed by atoms with van der Waals surface area (Å²) in [4.78, 5) is 2.64. The van der Waals surface area contributed by atoms with Crippen LogP contribution in [0.4, 0.5) is 0 Å². The molecule has 2 atom stereocenters. The summed E-state index contributed by atoms with van der Waals surface area (Å²) >= 11 is 0. The van der Waals surface area contributed by atoms with Crippen molar-refractivity contribution in [3.63, 3.8) is 0 Å². The van der Waals surface area contributed by atoms with Gasteiger partial charge in [0.05, 0.1) is 0 Å². The first kappa shape index (κ1) is 15.5. The molecule has 0 saturated carbocycles. The molecule has 2 heteroatoms. The summed E-state index contributed by atoms with van der Waals surface area (Å²) in [6.45, 7) is 13.7. The number of hydrogen-bond acceptors (Lipinski definition) is 2. The zero-order valence-electron chi connectivity index (χ0n) is 13.6. The van der Waals surface area contributed by atoms with Gasteiger partial charge in [0.15, 0.2) is 0 Å². The van der Waals surface area contributed by atoms with E-state index in [2.05, 4.69) is 56.1 Å². The van der Waals surface area contributed by atoms with Gasteiger partial charge in [0.2, 0.25) is 0 Å². The highest BCUT2D eigenvalue weighted by atomic mass is 15.2. The second-order valence-electron chi connectivity index (χ2n) is 6.54. The van der Waals surface area contributed by atoms with Crippen LogP contribution in [0, 0.1) is 19.8 Å². The van der Waals surface area contributed by atoms with Gasteiger partial charge in [-0.15, -0.1) is 0 Å². The highest BCUT2D eigenvalue weighted by Crippen LogP contribution is 2.22. The number of nitrogens with zero attached hydrogens (tertiary/aromatic N) is 1. The fourth-order valence-electron chi connectivity index (χ4n) is 3.46. The van der Waals surface area contributed by atoms with E-state index in [-0.39, 0.29) is 0 Å². The predicted molar refractivity (Wildman–Crippen MR) is 87.2 cm³/mol. The SMILES string of the molecule is CCNC(CN1CCCC(C)C1)c1cc(C)cc(C)c1. The molecule has 2 rings (SSSR count). The first-order chi connectivity index (χ1) is 9.58. The zero-order valence-corrected chi connectivity index (χ0v) is 13.6. The standard InChI is InChI=1S/C18H30N2/c1-5-19-18(13-20-8-6-7-14(2)12-20)17-10-15(3)9-16(4)11-17/h9-11,14,18-19H,5-8,12-13H2,1-4H3. The van der Waals surface area contributed by atoms with E-state index in [0.717, 1.165) is 19.0 Å². The summed E-state index contributed by atoms with van der Waals surface area (Å²) in [5.74, 6) is 0.852. The Balaban J connectivity index is 2.09. The molecule has 1 fully saturated rings. The number of likely N-dealkylation sites (N-methyl/N-ethyl adjacent to an activating group) is 1. The lowest BCUT2D eigenvalue weighted by molar-refractivity contribution is 0.167. The quantitative estimate of drug-likeness (QED) is 0.881. The third-order valence-electron chi connectivity index (χ3n) is 4.28. The van der Waals surface area contributed by atoms with Crippen LogP contribution in [0.25, 0.3) is 0 Å². The largest absolute Gasteiger partial charge is 0.309 e. The molecule has 0 aliphatic carbocycles. The predicted octanol–water partition coefficient (Wildman–Crippen LogP) is 3.69. The first-order valence-electron chi connectivity index (χ1n) is 8.12. The lowest BCUT2D eigenvalue weighted by Gasteiger charge is -2.34. The van der Waals surface area contributed by atoms with Crippen LogP contribution in [0.15, 0.2) is 18.2 Å². The van der Waals surface area contributed by atoms with Crippen LogP contribution in [-0.4, -0.2) is 31.1 Å². The smallest absolute Gasteiger partial charge is 0.0449 e. The van der Waals surface area contributed by atoms with Gasteiger partial charge in [-0.05, 0) is 51.3 Å². The van der Waals surface area contributed by atoms with E-state index in [1.807, 2.05) is 0 Å². The van der Waals surface area contributed by atoms with Gasteiger partial charge in [-0.2, -0.15) is 0 Å². The fourth-order valence-corrected chi connectivity index (χ4v) is 3.46. The number of benzene rings is 1. The Labute approximate surface area is 124 Å². The van der Waals surface area contributed by atoms with Crippen molar-refractivity contribution in [3.05, 3.63) is 34.9 Å². The minimum absolute atomic E-state index is 0.462. The summed E-state index contributed by atoms with van der Waals surface area (Å²) in [5.41, 5.74) is 4.19. The van der Waals surface area contributed by atoms with E-state index in [9.17, 15) is 0 Å². The topological polar surface area (TPSA) is 15.3 Å². The normalized spacial score (nSPS) is 21.9. The lowest BCUT2D eigenvalue weighted by Crippen LogP contribution is -2.40. The monoisotopic (exact) mass is 274 g/mol. The molecule has 0 amide bonds. The molecule has 1 saturated heterocycles. The van der Waals surface area contributed by atoms with Crippen molar-refractivity contribution in [3.8, 4) is 0 Å². The maximum atomic E-state index is 3.67.